The van der Waals surface area contributed by atoms with Crippen molar-refractivity contribution in [3.8, 4) is 6.07 Å². The number of anilines is 1. The van der Waals surface area contributed by atoms with Gasteiger partial charge in [0.15, 0.2) is 11.7 Å². The van der Waals surface area contributed by atoms with Crippen molar-refractivity contribution in [2.75, 3.05) is 31.7 Å². The number of esters is 1. The number of fused-ring (bicyclic) bond motifs is 1. The van der Waals surface area contributed by atoms with Crippen LogP contribution in [0.4, 0.5) is 5.82 Å². The predicted octanol–water partition coefficient (Wildman–Crippen LogP) is 2.43. The van der Waals surface area contributed by atoms with Crippen LogP contribution in [0, 0.1) is 11.3 Å². The molecule has 1 fully saturated rings. The van der Waals surface area contributed by atoms with Gasteiger partial charge in [-0.25, -0.2) is 9.97 Å². The van der Waals surface area contributed by atoms with Crippen molar-refractivity contribution in [3.05, 3.63) is 30.0 Å². The van der Waals surface area contributed by atoms with E-state index in [1.54, 1.807) is 6.92 Å². The van der Waals surface area contributed by atoms with Crippen molar-refractivity contribution >= 4 is 22.8 Å². The quantitative estimate of drug-likeness (QED) is 0.685. The second-order valence-electron chi connectivity index (χ2n) is 7.35. The fourth-order valence-electron chi connectivity index (χ4n) is 3.54. The van der Waals surface area contributed by atoms with Crippen molar-refractivity contribution < 1.29 is 19.0 Å². The maximum absolute atomic E-state index is 12.7. The third-order valence-corrected chi connectivity index (χ3v) is 4.65. The molecule has 1 saturated heterocycles. The molecule has 8 nitrogen and oxygen atoms in total. The lowest BCUT2D eigenvalue weighted by atomic mass is 10.1. The zero-order chi connectivity index (χ0) is 21.0. The Bertz CT molecular complexity index is 903. The summed E-state index contributed by atoms with van der Waals surface area (Å²) in [5, 5.41) is 9.80. The molecule has 2 heterocycles. The Kier molecular flexibility index (Phi) is 6.62. The van der Waals surface area contributed by atoms with Gasteiger partial charge in [-0.15, -0.1) is 0 Å². The first-order valence-corrected chi connectivity index (χ1v) is 9.69. The maximum Gasteiger partial charge on any atom is 0.330 e. The topological polar surface area (TPSA) is 97.6 Å². The van der Waals surface area contributed by atoms with Gasteiger partial charge in [0, 0.05) is 20.2 Å². The molecule has 0 spiro atoms. The van der Waals surface area contributed by atoms with Gasteiger partial charge >= 0.3 is 5.97 Å². The van der Waals surface area contributed by atoms with Gasteiger partial charge in [-0.3, -0.25) is 4.79 Å². The molecule has 0 radical (unpaired) electrons. The maximum atomic E-state index is 12.7. The molecule has 1 aliphatic heterocycles. The first-order valence-electron chi connectivity index (χ1n) is 9.69. The number of ether oxygens (including phenoxy) is 3. The number of hydrogen-bond donors (Lipinski definition) is 0. The summed E-state index contributed by atoms with van der Waals surface area (Å²) in [5.41, 5.74) is 1.64. The largest absolute Gasteiger partial charge is 0.459 e. The van der Waals surface area contributed by atoms with Crippen LogP contribution >= 0.6 is 0 Å². The molecular formula is C21H26N4O4. The summed E-state index contributed by atoms with van der Waals surface area (Å²) in [6, 6.07) is 9.46. The number of aromatic nitrogens is 2. The summed E-state index contributed by atoms with van der Waals surface area (Å²) >= 11 is 0. The number of nitrogens with zero attached hydrogens (tertiary/aromatic N) is 4. The summed E-state index contributed by atoms with van der Waals surface area (Å²) in [7, 11) is 1.53. The van der Waals surface area contributed by atoms with E-state index >= 15 is 0 Å². The number of rotatable bonds is 6. The molecule has 1 aromatic heterocycles. The highest BCUT2D eigenvalue weighted by Crippen LogP contribution is 2.30. The number of carbonyl (C=O) groups excluding carboxylic acids is 1. The molecule has 0 unspecified atom stereocenters. The van der Waals surface area contributed by atoms with E-state index in [9.17, 15) is 10.1 Å². The molecule has 0 saturated carbocycles. The lowest BCUT2D eigenvalue weighted by Crippen LogP contribution is -2.46. The van der Waals surface area contributed by atoms with E-state index in [-0.39, 0.29) is 18.8 Å². The normalized spacial score (nSPS) is 21.4. The molecule has 0 N–H and O–H groups in total. The minimum atomic E-state index is -1.19. The lowest BCUT2D eigenvalue weighted by molar-refractivity contribution is -0.150. The van der Waals surface area contributed by atoms with Gasteiger partial charge in [-0.05, 0) is 32.9 Å². The molecule has 2 aromatic rings. The highest BCUT2D eigenvalue weighted by molar-refractivity contribution is 5.85. The van der Waals surface area contributed by atoms with Crippen LogP contribution in [0.3, 0.4) is 0 Å². The first-order chi connectivity index (χ1) is 13.9. The van der Waals surface area contributed by atoms with Gasteiger partial charge in [-0.2, -0.15) is 5.26 Å². The third kappa shape index (κ3) is 4.81. The number of morpholine rings is 1. The minimum absolute atomic E-state index is 0.00548. The van der Waals surface area contributed by atoms with E-state index in [0.717, 1.165) is 0 Å². The number of para-hydroxylation sites is 2. The van der Waals surface area contributed by atoms with Crippen molar-refractivity contribution in [2.24, 2.45) is 0 Å². The number of benzene rings is 1. The molecule has 3 rings (SSSR count). The Labute approximate surface area is 170 Å². The van der Waals surface area contributed by atoms with E-state index < -0.39 is 18.0 Å². The van der Waals surface area contributed by atoms with Crippen LogP contribution in [0.15, 0.2) is 24.3 Å². The SMILES string of the molecule is COC[C@H](C)OC(=O)[C@H](C#N)c1nc2ccccc2nc1N1C[C@@H](C)O[C@@H](C)C1. The van der Waals surface area contributed by atoms with E-state index in [1.807, 2.05) is 43.0 Å². The molecule has 154 valence electrons. The Morgan fingerprint density at radius 2 is 1.90 bits per heavy atom. The third-order valence-electron chi connectivity index (χ3n) is 4.65. The fraction of sp³-hybridized carbons (Fsp3) is 0.524. The van der Waals surface area contributed by atoms with Crippen LogP contribution in [0.1, 0.15) is 32.4 Å². The van der Waals surface area contributed by atoms with E-state index in [1.165, 1.54) is 7.11 Å². The highest BCUT2D eigenvalue weighted by atomic mass is 16.6. The minimum Gasteiger partial charge on any atom is -0.459 e. The monoisotopic (exact) mass is 398 g/mol. The van der Waals surface area contributed by atoms with Crippen LogP contribution in [0.2, 0.25) is 0 Å². The smallest absolute Gasteiger partial charge is 0.330 e. The predicted molar refractivity (Wildman–Crippen MR) is 108 cm³/mol. The molecule has 0 aliphatic carbocycles. The summed E-state index contributed by atoms with van der Waals surface area (Å²) in [5.74, 6) is -1.32. The van der Waals surface area contributed by atoms with Crippen LogP contribution in [0.5, 0.6) is 0 Å². The molecule has 29 heavy (non-hydrogen) atoms. The van der Waals surface area contributed by atoms with E-state index in [2.05, 4.69) is 11.1 Å². The highest BCUT2D eigenvalue weighted by Gasteiger charge is 2.33. The molecule has 8 heteroatoms. The van der Waals surface area contributed by atoms with Crippen molar-refractivity contribution in [2.45, 2.75) is 45.0 Å². The average molecular weight is 398 g/mol. The Morgan fingerprint density at radius 3 is 2.48 bits per heavy atom. The lowest BCUT2D eigenvalue weighted by Gasteiger charge is -2.37. The van der Waals surface area contributed by atoms with Crippen molar-refractivity contribution in [1.82, 2.24) is 9.97 Å². The second-order valence-corrected chi connectivity index (χ2v) is 7.35. The summed E-state index contributed by atoms with van der Waals surface area (Å²) in [4.78, 5) is 24.2. The number of hydrogen-bond acceptors (Lipinski definition) is 8. The van der Waals surface area contributed by atoms with Gasteiger partial charge in [0.2, 0.25) is 0 Å². The number of carbonyl (C=O) groups is 1. The van der Waals surface area contributed by atoms with Gasteiger partial charge in [-0.1, -0.05) is 12.1 Å². The Morgan fingerprint density at radius 1 is 1.28 bits per heavy atom. The van der Waals surface area contributed by atoms with Crippen molar-refractivity contribution in [1.29, 1.82) is 5.26 Å². The standard InChI is InChI=1S/C21H26N4O4/c1-13-10-25(11-14(2)28-13)20-19(23-17-7-5-6-8-18(17)24-20)16(9-22)21(26)29-15(3)12-27-4/h5-8,13-16H,10-12H2,1-4H3/t13-,14+,15-,16+/m0/s1. The van der Waals surface area contributed by atoms with Gasteiger partial charge < -0.3 is 19.1 Å². The average Bonchev–Trinajstić information content (AvgIpc) is 2.67. The second kappa shape index (κ2) is 9.16. The van der Waals surface area contributed by atoms with Gasteiger partial charge in [0.1, 0.15) is 11.8 Å². The Hall–Kier alpha value is -2.76. The van der Waals surface area contributed by atoms with Gasteiger partial charge in [0.05, 0.1) is 35.9 Å². The zero-order valence-corrected chi connectivity index (χ0v) is 17.2. The van der Waals surface area contributed by atoms with Crippen molar-refractivity contribution in [3.63, 3.8) is 0 Å². The number of methoxy groups -OCH3 is 1. The van der Waals surface area contributed by atoms with Gasteiger partial charge in [0.25, 0.3) is 0 Å². The van der Waals surface area contributed by atoms with Crippen LogP contribution in [-0.2, 0) is 19.0 Å². The zero-order valence-electron chi connectivity index (χ0n) is 17.2. The van der Waals surface area contributed by atoms with E-state index in [4.69, 9.17) is 19.2 Å². The van der Waals surface area contributed by atoms with E-state index in [0.29, 0.717) is 35.6 Å². The summed E-state index contributed by atoms with van der Waals surface area (Å²) in [6.45, 7) is 7.13. The van der Waals surface area contributed by atoms with Crippen LogP contribution < -0.4 is 4.90 Å². The Balaban J connectivity index is 2.04. The fourth-order valence-corrected chi connectivity index (χ4v) is 3.54. The molecule has 0 bridgehead atoms. The molecule has 4 atom stereocenters. The molecule has 1 aromatic carbocycles. The molecular weight excluding hydrogens is 372 g/mol. The molecule has 0 amide bonds. The summed E-state index contributed by atoms with van der Waals surface area (Å²) < 4.78 is 16.2. The first kappa shape index (κ1) is 21.0. The van der Waals surface area contributed by atoms with Crippen LogP contribution in [0.25, 0.3) is 11.0 Å². The van der Waals surface area contributed by atoms with Crippen LogP contribution in [-0.4, -0.2) is 61.1 Å². The molecule has 1 aliphatic rings. The summed E-state index contributed by atoms with van der Waals surface area (Å²) in [6.07, 6.45) is -0.480. The number of nitriles is 1.